The number of aromatic nitrogens is 6. The third-order valence-electron chi connectivity index (χ3n) is 7.34. The maximum atomic E-state index is 4.75. The van der Waals surface area contributed by atoms with E-state index >= 15 is 0 Å². The van der Waals surface area contributed by atoms with Gasteiger partial charge in [0.15, 0.2) is 0 Å². The van der Waals surface area contributed by atoms with Crippen molar-refractivity contribution >= 4 is 44.2 Å². The first-order chi connectivity index (χ1) is 20.8. The fourth-order valence-electron chi connectivity index (χ4n) is 5.42. The van der Waals surface area contributed by atoms with Gasteiger partial charge in [-0.05, 0) is 63.0 Å². The SMILES string of the molecule is c1ccc(-c2ccc3c(-c4ccc(-c5cncs5)nn4)c4ccccc4c(-c4ccc(-c5cncs5)nn4)c3c2)cc1. The summed E-state index contributed by atoms with van der Waals surface area (Å²) in [6.45, 7) is 0. The van der Waals surface area contributed by atoms with Crippen LogP contribution in [0.3, 0.4) is 0 Å². The van der Waals surface area contributed by atoms with Gasteiger partial charge in [-0.3, -0.25) is 9.97 Å². The summed E-state index contributed by atoms with van der Waals surface area (Å²) in [7, 11) is 0. The topological polar surface area (TPSA) is 77.3 Å². The number of fused-ring (bicyclic) bond motifs is 2. The Kier molecular flexibility index (Phi) is 6.05. The molecule has 0 bridgehead atoms. The smallest absolute Gasteiger partial charge is 0.105 e. The van der Waals surface area contributed by atoms with Crippen molar-refractivity contribution < 1.29 is 0 Å². The molecule has 0 saturated heterocycles. The molecular formula is C34H20N6S2. The van der Waals surface area contributed by atoms with Gasteiger partial charge in [-0.1, -0.05) is 66.7 Å². The minimum atomic E-state index is 0.813. The molecule has 6 nitrogen and oxygen atoms in total. The van der Waals surface area contributed by atoms with E-state index in [0.717, 1.165) is 76.3 Å². The molecule has 0 aliphatic rings. The second-order valence-corrected chi connectivity index (χ2v) is 11.5. The number of hydrogen-bond donors (Lipinski definition) is 0. The molecule has 42 heavy (non-hydrogen) atoms. The first kappa shape index (κ1) is 24.6. The van der Waals surface area contributed by atoms with Crippen LogP contribution in [-0.4, -0.2) is 30.4 Å². The Balaban J connectivity index is 1.40. The van der Waals surface area contributed by atoms with Crippen LogP contribution in [0, 0.1) is 0 Å². The second kappa shape index (κ2) is 10.3. The molecule has 0 fully saturated rings. The third-order valence-corrected chi connectivity index (χ3v) is 8.93. The lowest BCUT2D eigenvalue weighted by Crippen LogP contribution is -1.97. The van der Waals surface area contributed by atoms with Crippen LogP contribution in [0.1, 0.15) is 0 Å². The summed E-state index contributed by atoms with van der Waals surface area (Å²) in [5.74, 6) is 0. The van der Waals surface area contributed by atoms with E-state index in [-0.39, 0.29) is 0 Å². The van der Waals surface area contributed by atoms with E-state index in [2.05, 4.69) is 99.0 Å². The minimum Gasteiger partial charge on any atom is -0.252 e. The predicted octanol–water partition coefficient (Wildman–Crippen LogP) is 8.82. The van der Waals surface area contributed by atoms with Gasteiger partial charge < -0.3 is 0 Å². The number of thiazole rings is 2. The molecule has 4 heterocycles. The van der Waals surface area contributed by atoms with Crippen LogP contribution < -0.4 is 0 Å². The molecule has 0 spiro atoms. The molecule has 0 aliphatic heterocycles. The van der Waals surface area contributed by atoms with Crippen molar-refractivity contribution in [2.75, 3.05) is 0 Å². The largest absolute Gasteiger partial charge is 0.252 e. The molecule has 0 amide bonds. The molecule has 8 rings (SSSR count). The summed E-state index contributed by atoms with van der Waals surface area (Å²) in [6, 6.07) is 33.7. The van der Waals surface area contributed by atoms with Gasteiger partial charge in [-0.25, -0.2) is 0 Å². The van der Waals surface area contributed by atoms with Crippen molar-refractivity contribution in [2.24, 2.45) is 0 Å². The highest BCUT2D eigenvalue weighted by molar-refractivity contribution is 7.13. The maximum Gasteiger partial charge on any atom is 0.105 e. The Hall–Kier alpha value is -5.18. The van der Waals surface area contributed by atoms with Crippen molar-refractivity contribution in [3.8, 4) is 54.8 Å². The van der Waals surface area contributed by atoms with Crippen LogP contribution in [0.25, 0.3) is 76.3 Å². The van der Waals surface area contributed by atoms with Crippen molar-refractivity contribution in [2.45, 2.75) is 0 Å². The van der Waals surface area contributed by atoms with Gasteiger partial charge in [0.05, 0.1) is 32.2 Å². The molecule has 0 saturated carbocycles. The van der Waals surface area contributed by atoms with E-state index in [1.165, 1.54) is 0 Å². The van der Waals surface area contributed by atoms with Crippen LogP contribution in [-0.2, 0) is 0 Å². The fourth-order valence-corrected chi connectivity index (χ4v) is 6.59. The molecule has 0 N–H and O–H groups in total. The standard InChI is InChI=1S/C34H20N6S2/c1-2-6-21(7-3-1)22-10-11-25-26(16-22)34(30-15-13-28(38-40-30)32-18-36-20-42-32)24-9-5-4-8-23(24)33(25)29-14-12-27(37-39-29)31-17-35-19-41-31/h1-20H. The summed E-state index contributed by atoms with van der Waals surface area (Å²) >= 11 is 3.11. The van der Waals surface area contributed by atoms with E-state index in [4.69, 9.17) is 10.2 Å². The molecule has 4 aromatic carbocycles. The molecule has 8 aromatic rings. The minimum absolute atomic E-state index is 0.813. The van der Waals surface area contributed by atoms with Gasteiger partial charge in [0.1, 0.15) is 11.4 Å². The van der Waals surface area contributed by atoms with E-state index in [9.17, 15) is 0 Å². The molecule has 0 aliphatic carbocycles. The molecule has 198 valence electrons. The van der Waals surface area contributed by atoms with E-state index < -0.39 is 0 Å². The van der Waals surface area contributed by atoms with Crippen molar-refractivity contribution in [1.29, 1.82) is 0 Å². The summed E-state index contributed by atoms with van der Waals surface area (Å²) < 4.78 is 0. The van der Waals surface area contributed by atoms with Gasteiger partial charge in [-0.2, -0.15) is 0 Å². The van der Waals surface area contributed by atoms with Gasteiger partial charge in [-0.15, -0.1) is 43.1 Å². The first-order valence-electron chi connectivity index (χ1n) is 13.3. The quantitative estimate of drug-likeness (QED) is 0.191. The lowest BCUT2D eigenvalue weighted by atomic mass is 9.87. The van der Waals surface area contributed by atoms with Crippen LogP contribution in [0.5, 0.6) is 0 Å². The second-order valence-electron chi connectivity index (χ2n) is 9.76. The first-order valence-corrected chi connectivity index (χ1v) is 15.1. The molecule has 0 radical (unpaired) electrons. The van der Waals surface area contributed by atoms with Crippen molar-refractivity contribution in [1.82, 2.24) is 30.4 Å². The Morgan fingerprint density at radius 3 is 1.43 bits per heavy atom. The molecule has 4 aromatic heterocycles. The molecule has 0 unspecified atom stereocenters. The summed E-state index contributed by atoms with van der Waals surface area (Å²) in [4.78, 5) is 10.4. The highest BCUT2D eigenvalue weighted by Gasteiger charge is 2.20. The predicted molar refractivity (Wildman–Crippen MR) is 171 cm³/mol. The Bertz CT molecular complexity index is 2160. The van der Waals surface area contributed by atoms with E-state index in [0.29, 0.717) is 0 Å². The highest BCUT2D eigenvalue weighted by atomic mass is 32.1. The third kappa shape index (κ3) is 4.25. The maximum absolute atomic E-state index is 4.75. The Labute approximate surface area is 249 Å². The van der Waals surface area contributed by atoms with Crippen molar-refractivity contribution in [3.05, 3.63) is 120 Å². The molecule has 8 heteroatoms. The van der Waals surface area contributed by atoms with E-state index in [1.54, 1.807) is 22.7 Å². The Morgan fingerprint density at radius 1 is 0.405 bits per heavy atom. The van der Waals surface area contributed by atoms with Gasteiger partial charge in [0.25, 0.3) is 0 Å². The number of rotatable bonds is 5. The average molecular weight is 577 g/mol. The monoisotopic (exact) mass is 576 g/mol. The zero-order valence-corrected chi connectivity index (χ0v) is 23.7. The summed E-state index contributed by atoms with van der Waals surface area (Å²) in [5, 5.41) is 23.0. The fraction of sp³-hybridized carbons (Fsp3) is 0. The van der Waals surface area contributed by atoms with Gasteiger partial charge in [0.2, 0.25) is 0 Å². The molecular weight excluding hydrogens is 557 g/mol. The van der Waals surface area contributed by atoms with Crippen LogP contribution in [0.2, 0.25) is 0 Å². The van der Waals surface area contributed by atoms with Crippen LogP contribution in [0.4, 0.5) is 0 Å². The van der Waals surface area contributed by atoms with Crippen LogP contribution in [0.15, 0.2) is 120 Å². The lowest BCUT2D eigenvalue weighted by Gasteiger charge is -2.17. The number of hydrogen-bond acceptors (Lipinski definition) is 8. The van der Waals surface area contributed by atoms with Crippen molar-refractivity contribution in [3.63, 3.8) is 0 Å². The van der Waals surface area contributed by atoms with Gasteiger partial charge >= 0.3 is 0 Å². The van der Waals surface area contributed by atoms with Crippen LogP contribution >= 0.6 is 22.7 Å². The lowest BCUT2D eigenvalue weighted by molar-refractivity contribution is 1.05. The van der Waals surface area contributed by atoms with E-state index in [1.807, 2.05) is 41.6 Å². The number of nitrogens with zero attached hydrogens (tertiary/aromatic N) is 6. The highest BCUT2D eigenvalue weighted by Crippen LogP contribution is 2.44. The number of benzene rings is 4. The summed E-state index contributed by atoms with van der Waals surface area (Å²) in [6.07, 6.45) is 3.64. The van der Waals surface area contributed by atoms with Gasteiger partial charge in [0, 0.05) is 23.5 Å². The summed E-state index contributed by atoms with van der Waals surface area (Å²) in [5.41, 5.74) is 11.2. The average Bonchev–Trinajstić information content (AvgIpc) is 3.80. The Morgan fingerprint density at radius 2 is 0.905 bits per heavy atom. The molecule has 0 atom stereocenters. The zero-order valence-electron chi connectivity index (χ0n) is 22.0. The normalized spacial score (nSPS) is 11.3. The zero-order chi connectivity index (χ0) is 27.9.